The van der Waals surface area contributed by atoms with Gasteiger partial charge in [0.25, 0.3) is 0 Å². The number of fused-ring (bicyclic) bond motifs is 2. The van der Waals surface area contributed by atoms with Crippen LogP contribution in [0.4, 0.5) is 14.0 Å². The highest BCUT2D eigenvalue weighted by Gasteiger charge is 2.30. The summed E-state index contributed by atoms with van der Waals surface area (Å²) in [6, 6.07) is 13.6. The van der Waals surface area contributed by atoms with Gasteiger partial charge in [-0.1, -0.05) is 18.2 Å². The number of halogens is 1. The van der Waals surface area contributed by atoms with Crippen LogP contribution in [-0.2, 0) is 16.0 Å². The summed E-state index contributed by atoms with van der Waals surface area (Å²) in [5.41, 5.74) is 2.98. The van der Waals surface area contributed by atoms with E-state index in [0.717, 1.165) is 15.8 Å². The predicted octanol–water partition coefficient (Wildman–Crippen LogP) is 7.94. The van der Waals surface area contributed by atoms with Gasteiger partial charge in [0, 0.05) is 47.2 Å². The van der Waals surface area contributed by atoms with Gasteiger partial charge in [0.2, 0.25) is 0 Å². The molecule has 0 aliphatic heterocycles. The van der Waals surface area contributed by atoms with E-state index in [1.807, 2.05) is 25.1 Å². The summed E-state index contributed by atoms with van der Waals surface area (Å²) in [4.78, 5) is 43.4. The summed E-state index contributed by atoms with van der Waals surface area (Å²) in [6.45, 7) is 11.3. The van der Waals surface area contributed by atoms with Crippen LogP contribution < -0.4 is 0 Å². The van der Waals surface area contributed by atoms with Gasteiger partial charge in [-0.3, -0.25) is 9.97 Å². The average molecular weight is 664 g/mol. The maximum absolute atomic E-state index is 15.1. The summed E-state index contributed by atoms with van der Waals surface area (Å²) in [5.74, 6) is -0.445. The summed E-state index contributed by atoms with van der Waals surface area (Å²) in [5, 5.41) is 5.25. The molecule has 0 saturated heterocycles. The van der Waals surface area contributed by atoms with Crippen molar-refractivity contribution in [1.82, 2.24) is 34.2 Å². The highest BCUT2D eigenvalue weighted by molar-refractivity contribution is 6.06. The Morgan fingerprint density at radius 3 is 2.20 bits per heavy atom. The van der Waals surface area contributed by atoms with E-state index in [4.69, 9.17) is 19.6 Å². The van der Waals surface area contributed by atoms with Gasteiger partial charge in [0.05, 0.1) is 23.1 Å². The molecule has 0 aliphatic carbocycles. The fourth-order valence-electron chi connectivity index (χ4n) is 5.55. The number of nitrogens with zero attached hydrogens (tertiary/aromatic N) is 7. The van der Waals surface area contributed by atoms with Crippen molar-refractivity contribution in [3.63, 3.8) is 0 Å². The Kier molecular flexibility index (Phi) is 8.53. The Balaban J connectivity index is 1.65. The Labute approximate surface area is 283 Å². The van der Waals surface area contributed by atoms with Crippen molar-refractivity contribution >= 4 is 34.1 Å². The van der Waals surface area contributed by atoms with Crippen molar-refractivity contribution in [2.24, 2.45) is 0 Å². The Morgan fingerprint density at radius 1 is 0.816 bits per heavy atom. The lowest BCUT2D eigenvalue weighted by Crippen LogP contribution is -2.28. The van der Waals surface area contributed by atoms with Gasteiger partial charge in [-0.25, -0.2) is 23.5 Å². The molecular weight excluding hydrogens is 625 g/mol. The van der Waals surface area contributed by atoms with Gasteiger partial charge in [0.1, 0.15) is 33.7 Å². The van der Waals surface area contributed by atoms with Crippen molar-refractivity contribution < 1.29 is 23.5 Å². The van der Waals surface area contributed by atoms with Gasteiger partial charge in [-0.05, 0) is 91.5 Å². The molecule has 0 saturated carbocycles. The normalized spacial score (nSPS) is 12.2. The van der Waals surface area contributed by atoms with E-state index in [2.05, 4.69) is 9.97 Å². The highest BCUT2D eigenvalue weighted by atomic mass is 19.1. The molecule has 0 atom stereocenters. The van der Waals surface area contributed by atoms with E-state index in [0.29, 0.717) is 45.3 Å². The van der Waals surface area contributed by atoms with Crippen LogP contribution in [0.3, 0.4) is 0 Å². The van der Waals surface area contributed by atoms with Gasteiger partial charge >= 0.3 is 12.2 Å². The molecule has 5 aromatic heterocycles. The number of pyridine rings is 3. The van der Waals surface area contributed by atoms with Crippen LogP contribution in [0.25, 0.3) is 55.7 Å². The molecule has 12 heteroatoms. The number of ether oxygens (including phenoxy) is 2. The van der Waals surface area contributed by atoms with Crippen LogP contribution in [0, 0.1) is 5.82 Å². The van der Waals surface area contributed by atoms with Gasteiger partial charge in [0.15, 0.2) is 0 Å². The Bertz CT molecular complexity index is 2220. The van der Waals surface area contributed by atoms with E-state index in [-0.39, 0.29) is 11.4 Å². The fraction of sp³-hybridized carbons (Fsp3) is 0.297. The molecule has 11 nitrogen and oxygen atoms in total. The molecule has 0 fully saturated rings. The monoisotopic (exact) mass is 663 g/mol. The van der Waals surface area contributed by atoms with Crippen LogP contribution in [0.15, 0.2) is 73.3 Å². The smallest absolute Gasteiger partial charge is 0.435 e. The van der Waals surface area contributed by atoms with Crippen LogP contribution >= 0.6 is 0 Å². The number of hydrogen-bond donors (Lipinski definition) is 0. The lowest BCUT2D eigenvalue weighted by Gasteiger charge is -2.20. The molecule has 49 heavy (non-hydrogen) atoms. The summed E-state index contributed by atoms with van der Waals surface area (Å²) >= 11 is 0. The Morgan fingerprint density at radius 2 is 1.51 bits per heavy atom. The van der Waals surface area contributed by atoms with E-state index >= 15 is 4.39 Å². The zero-order valence-corrected chi connectivity index (χ0v) is 28.8. The lowest BCUT2D eigenvalue weighted by molar-refractivity contribution is 0.0520. The minimum atomic E-state index is -0.852. The molecule has 0 bridgehead atoms. The quantitative estimate of drug-likeness (QED) is 0.181. The number of carbonyl (C=O) groups excluding carboxylic acids is 2. The second kappa shape index (κ2) is 12.5. The fourth-order valence-corrected chi connectivity index (χ4v) is 5.55. The molecule has 0 spiro atoms. The third-order valence-electron chi connectivity index (χ3n) is 7.39. The molecule has 0 N–H and O–H groups in total. The second-order valence-electron chi connectivity index (χ2n) is 14.1. The molecule has 5 heterocycles. The summed E-state index contributed by atoms with van der Waals surface area (Å²) in [7, 11) is 3.95. The molecule has 0 unspecified atom stereocenters. The van der Waals surface area contributed by atoms with Crippen molar-refractivity contribution in [3.05, 3.63) is 84.7 Å². The molecule has 6 aromatic rings. The third kappa shape index (κ3) is 6.91. The minimum Gasteiger partial charge on any atom is -0.443 e. The molecule has 1 aromatic carbocycles. The van der Waals surface area contributed by atoms with Gasteiger partial charge < -0.3 is 14.4 Å². The maximum atomic E-state index is 15.1. The van der Waals surface area contributed by atoms with E-state index in [1.54, 1.807) is 96.5 Å². The number of rotatable bonds is 5. The first kappa shape index (κ1) is 33.4. The predicted molar refractivity (Wildman–Crippen MR) is 186 cm³/mol. The van der Waals surface area contributed by atoms with Crippen LogP contribution in [0.5, 0.6) is 0 Å². The first-order valence-corrected chi connectivity index (χ1v) is 15.8. The van der Waals surface area contributed by atoms with E-state index in [9.17, 15) is 9.59 Å². The Hall–Kier alpha value is -5.49. The largest absolute Gasteiger partial charge is 0.443 e. The first-order valence-electron chi connectivity index (χ1n) is 15.8. The van der Waals surface area contributed by atoms with Gasteiger partial charge in [-0.15, -0.1) is 0 Å². The zero-order valence-electron chi connectivity index (χ0n) is 28.8. The molecular formula is C37H38FN7O4. The van der Waals surface area contributed by atoms with Crippen molar-refractivity contribution in [2.45, 2.75) is 59.3 Å². The number of hydrogen-bond acceptors (Lipinski definition) is 9. The second-order valence-corrected chi connectivity index (χ2v) is 14.1. The summed E-state index contributed by atoms with van der Waals surface area (Å²) in [6.07, 6.45) is 5.15. The third-order valence-corrected chi connectivity index (χ3v) is 7.39. The minimum absolute atomic E-state index is 0.210. The van der Waals surface area contributed by atoms with Crippen LogP contribution in [0.2, 0.25) is 0 Å². The number of carbonyl (C=O) groups is 2. The van der Waals surface area contributed by atoms with Crippen LogP contribution in [0.1, 0.15) is 47.1 Å². The van der Waals surface area contributed by atoms with Crippen molar-refractivity contribution in [1.29, 1.82) is 0 Å². The highest BCUT2D eigenvalue weighted by Crippen LogP contribution is 2.38. The zero-order chi connectivity index (χ0) is 35.2. The van der Waals surface area contributed by atoms with Gasteiger partial charge in [-0.2, -0.15) is 9.78 Å². The molecule has 0 radical (unpaired) electrons. The number of aromatic nitrogens is 6. The lowest BCUT2D eigenvalue weighted by atomic mass is 10.0. The van der Waals surface area contributed by atoms with Crippen molar-refractivity contribution in [3.8, 4) is 33.8 Å². The first-order chi connectivity index (χ1) is 23.1. The topological polar surface area (TPSA) is 117 Å². The van der Waals surface area contributed by atoms with E-state index in [1.165, 1.54) is 16.8 Å². The SMILES string of the molecule is CN(C)Cc1cncc(-c2ccc3c(n2)c(-c2cc4c(-c5ccccc5F)cncc4n2C(=O)OC(C)(C)C)nn3C(=O)OC(C)(C)C)c1. The number of benzene rings is 1. The van der Waals surface area contributed by atoms with Crippen LogP contribution in [-0.4, -0.2) is 71.7 Å². The molecule has 0 amide bonds. The van der Waals surface area contributed by atoms with E-state index < -0.39 is 29.2 Å². The molecule has 252 valence electrons. The maximum Gasteiger partial charge on any atom is 0.435 e. The van der Waals surface area contributed by atoms with Crippen molar-refractivity contribution in [2.75, 3.05) is 14.1 Å². The molecule has 6 rings (SSSR count). The molecule has 0 aliphatic rings. The average Bonchev–Trinajstić information content (AvgIpc) is 3.58. The summed E-state index contributed by atoms with van der Waals surface area (Å²) < 4.78 is 29.2. The standard InChI is InChI=1S/C37H38FN7O4/c1-36(2,3)48-34(46)44-30(16-25-26(19-40-20-31(25)44)24-11-9-10-12-27(24)38)33-32-29(45(42-33)35(47)49-37(4,5)6)14-13-28(41-32)23-15-22(17-39-18-23)21-43(7)8/h9-20H,21H2,1-8H3.